The fourth-order valence-electron chi connectivity index (χ4n) is 3.25. The second-order valence-corrected chi connectivity index (χ2v) is 4.29. The first-order valence-corrected chi connectivity index (χ1v) is 4.51. The molecule has 3 rings (SSSR count). The molecular weight excluding hydrogens is 120 g/mol. The van der Waals surface area contributed by atoms with Crippen LogP contribution in [0, 0.1) is 17.3 Å². The molecule has 0 aromatic rings. The maximum absolute atomic E-state index is 2.44. The minimum atomic E-state index is 0.808. The minimum absolute atomic E-state index is 0.808. The summed E-state index contributed by atoms with van der Waals surface area (Å²) in [4.78, 5) is 0. The molecule has 0 nitrogen and oxygen atoms in total. The van der Waals surface area contributed by atoms with E-state index in [2.05, 4.69) is 13.8 Å². The lowest BCUT2D eigenvalue weighted by Crippen LogP contribution is -2.11. The molecule has 0 heterocycles. The monoisotopic (exact) mass is 134 g/mol. The van der Waals surface area contributed by atoms with E-state index in [4.69, 9.17) is 0 Å². The normalized spacial score (nSPS) is 54.6. The Morgan fingerprint density at radius 2 is 2.30 bits per heavy atom. The van der Waals surface area contributed by atoms with Crippen molar-refractivity contribution in [2.75, 3.05) is 0 Å². The van der Waals surface area contributed by atoms with Gasteiger partial charge in [0, 0.05) is 0 Å². The van der Waals surface area contributed by atoms with E-state index in [1.807, 2.05) is 11.1 Å². The van der Waals surface area contributed by atoms with Crippen LogP contribution in [-0.4, -0.2) is 0 Å². The van der Waals surface area contributed by atoms with Gasteiger partial charge in [0.2, 0.25) is 0 Å². The van der Waals surface area contributed by atoms with Crippen molar-refractivity contribution in [1.82, 2.24) is 0 Å². The Hall–Kier alpha value is -0.260. The van der Waals surface area contributed by atoms with Gasteiger partial charge in [-0.15, -0.1) is 0 Å². The van der Waals surface area contributed by atoms with E-state index < -0.39 is 0 Å². The van der Waals surface area contributed by atoms with Gasteiger partial charge < -0.3 is 0 Å². The zero-order chi connectivity index (χ0) is 6.93. The predicted octanol–water partition coefficient (Wildman–Crippen LogP) is 2.75. The Labute approximate surface area is 62.3 Å². The summed E-state index contributed by atoms with van der Waals surface area (Å²) in [6.07, 6.45) is 4.38. The lowest BCUT2D eigenvalue weighted by Gasteiger charge is -2.19. The third kappa shape index (κ3) is 0.349. The Kier molecular flexibility index (Phi) is 0.657. The van der Waals surface area contributed by atoms with Crippen LogP contribution in [0.4, 0.5) is 0 Å². The molecule has 0 radical (unpaired) electrons. The van der Waals surface area contributed by atoms with Crippen LogP contribution in [0.2, 0.25) is 0 Å². The maximum Gasteiger partial charge on any atom is -0.00968 e. The van der Waals surface area contributed by atoms with Gasteiger partial charge in [0.15, 0.2) is 0 Å². The highest BCUT2D eigenvalue weighted by molar-refractivity contribution is 5.52. The van der Waals surface area contributed by atoms with Crippen molar-refractivity contribution in [2.45, 2.75) is 33.1 Å². The Morgan fingerprint density at radius 3 is 2.70 bits per heavy atom. The molecule has 10 heavy (non-hydrogen) atoms. The van der Waals surface area contributed by atoms with Gasteiger partial charge in [0.25, 0.3) is 0 Å². The number of hydrogen-bond donors (Lipinski definition) is 0. The van der Waals surface area contributed by atoms with Crippen LogP contribution in [-0.2, 0) is 0 Å². The molecule has 3 atom stereocenters. The molecule has 0 saturated heterocycles. The topological polar surface area (TPSA) is 0 Å². The summed E-state index contributed by atoms with van der Waals surface area (Å²) in [5.74, 6) is 2.04. The summed E-state index contributed by atoms with van der Waals surface area (Å²) in [6.45, 7) is 4.81. The van der Waals surface area contributed by atoms with Gasteiger partial charge in [-0.05, 0) is 36.5 Å². The quantitative estimate of drug-likeness (QED) is 0.484. The molecule has 3 aliphatic carbocycles. The van der Waals surface area contributed by atoms with Gasteiger partial charge in [-0.2, -0.15) is 0 Å². The standard InChI is InChI=1S/C10H14/c1-3-10-5-9(10)8-4-7(8)6(10)2/h6,9H,3-5H2,1-2H3. The molecule has 1 saturated carbocycles. The van der Waals surface area contributed by atoms with Crippen molar-refractivity contribution < 1.29 is 0 Å². The van der Waals surface area contributed by atoms with Crippen LogP contribution in [0.5, 0.6) is 0 Å². The van der Waals surface area contributed by atoms with Crippen LogP contribution < -0.4 is 0 Å². The largest absolute Gasteiger partial charge is 0.0648 e. The van der Waals surface area contributed by atoms with Crippen LogP contribution in [0.15, 0.2) is 11.1 Å². The molecular formula is C10H14. The van der Waals surface area contributed by atoms with E-state index in [0.717, 1.165) is 17.3 Å². The van der Waals surface area contributed by atoms with Crippen LogP contribution in [0.25, 0.3) is 0 Å². The number of rotatable bonds is 1. The maximum atomic E-state index is 2.44. The molecule has 54 valence electrons. The lowest BCUT2D eigenvalue weighted by atomic mass is 9.85. The third-order valence-corrected chi connectivity index (χ3v) is 4.25. The first kappa shape index (κ1) is 5.40. The SMILES string of the molecule is CCC12CC1C1=C(C1)C2C. The van der Waals surface area contributed by atoms with Gasteiger partial charge in [-0.1, -0.05) is 25.0 Å². The predicted molar refractivity (Wildman–Crippen MR) is 41.6 cm³/mol. The summed E-state index contributed by atoms with van der Waals surface area (Å²) in [6, 6.07) is 0. The molecule has 0 aliphatic heterocycles. The van der Waals surface area contributed by atoms with Crippen LogP contribution >= 0.6 is 0 Å². The first-order valence-electron chi connectivity index (χ1n) is 4.51. The molecule has 3 unspecified atom stereocenters. The van der Waals surface area contributed by atoms with Gasteiger partial charge >= 0.3 is 0 Å². The van der Waals surface area contributed by atoms with Crippen molar-refractivity contribution in [3.05, 3.63) is 11.1 Å². The van der Waals surface area contributed by atoms with Crippen molar-refractivity contribution in [1.29, 1.82) is 0 Å². The summed E-state index contributed by atoms with van der Waals surface area (Å²) in [5.41, 5.74) is 4.52. The molecule has 0 amide bonds. The Bertz CT molecular complexity index is 232. The summed E-state index contributed by atoms with van der Waals surface area (Å²) >= 11 is 0. The molecule has 0 spiro atoms. The summed E-state index contributed by atoms with van der Waals surface area (Å²) < 4.78 is 0. The summed E-state index contributed by atoms with van der Waals surface area (Å²) in [7, 11) is 0. The fraction of sp³-hybridized carbons (Fsp3) is 0.800. The highest BCUT2D eigenvalue weighted by atomic mass is 14.7. The van der Waals surface area contributed by atoms with Gasteiger partial charge in [0.1, 0.15) is 0 Å². The number of allylic oxidation sites excluding steroid dienone is 2. The lowest BCUT2D eigenvalue weighted by molar-refractivity contribution is 0.357. The number of hydrogen-bond acceptors (Lipinski definition) is 0. The first-order chi connectivity index (χ1) is 4.79. The minimum Gasteiger partial charge on any atom is -0.0648 e. The van der Waals surface area contributed by atoms with E-state index in [1.54, 1.807) is 0 Å². The van der Waals surface area contributed by atoms with Crippen LogP contribution in [0.1, 0.15) is 33.1 Å². The van der Waals surface area contributed by atoms with E-state index in [9.17, 15) is 0 Å². The second kappa shape index (κ2) is 1.22. The van der Waals surface area contributed by atoms with Gasteiger partial charge in [-0.25, -0.2) is 0 Å². The van der Waals surface area contributed by atoms with E-state index in [-0.39, 0.29) is 0 Å². The zero-order valence-corrected chi connectivity index (χ0v) is 6.78. The third-order valence-electron chi connectivity index (χ3n) is 4.25. The summed E-state index contributed by atoms with van der Waals surface area (Å²) in [5, 5.41) is 0. The van der Waals surface area contributed by atoms with E-state index in [1.165, 1.54) is 19.3 Å². The fourth-order valence-corrected chi connectivity index (χ4v) is 3.25. The van der Waals surface area contributed by atoms with Gasteiger partial charge in [0.05, 0.1) is 0 Å². The molecule has 0 aromatic heterocycles. The Balaban J connectivity index is 2.00. The van der Waals surface area contributed by atoms with E-state index >= 15 is 0 Å². The second-order valence-electron chi connectivity index (χ2n) is 4.29. The molecule has 0 N–H and O–H groups in total. The average molecular weight is 134 g/mol. The average Bonchev–Trinajstić information content (AvgIpc) is 2.81. The van der Waals surface area contributed by atoms with E-state index in [0.29, 0.717) is 0 Å². The van der Waals surface area contributed by atoms with Crippen molar-refractivity contribution in [2.24, 2.45) is 17.3 Å². The van der Waals surface area contributed by atoms with Crippen molar-refractivity contribution in [3.63, 3.8) is 0 Å². The van der Waals surface area contributed by atoms with Crippen molar-refractivity contribution >= 4 is 0 Å². The highest BCUT2D eigenvalue weighted by Gasteiger charge is 2.67. The number of fused-ring (bicyclic) bond motifs is 2. The van der Waals surface area contributed by atoms with Crippen molar-refractivity contribution in [3.8, 4) is 0 Å². The highest BCUT2D eigenvalue weighted by Crippen LogP contribution is 2.77. The molecule has 1 fully saturated rings. The van der Waals surface area contributed by atoms with Crippen LogP contribution in [0.3, 0.4) is 0 Å². The zero-order valence-electron chi connectivity index (χ0n) is 6.78. The molecule has 0 bridgehead atoms. The molecule has 0 heteroatoms. The molecule has 0 aromatic carbocycles. The Morgan fingerprint density at radius 1 is 1.50 bits per heavy atom. The smallest absolute Gasteiger partial charge is 0.00968 e. The molecule has 3 aliphatic rings. The van der Waals surface area contributed by atoms with Gasteiger partial charge in [-0.3, -0.25) is 0 Å².